The maximum Gasteiger partial charge on any atom is 0.324 e. The maximum absolute atomic E-state index is 11.8. The van der Waals surface area contributed by atoms with Crippen LogP contribution < -0.4 is 0 Å². The minimum atomic E-state index is -1.05. The van der Waals surface area contributed by atoms with E-state index in [0.717, 1.165) is 9.49 Å². The molecule has 5 heteroatoms. The summed E-state index contributed by atoms with van der Waals surface area (Å²) in [6.45, 7) is 1.39. The number of nitrogens with zero attached hydrogens (tertiary/aromatic N) is 1. The molecule has 86 valence electrons. The molecule has 0 aliphatic heterocycles. The van der Waals surface area contributed by atoms with Gasteiger partial charge in [-0.05, 0) is 12.5 Å². The Balaban J connectivity index is 2.71. The molecule has 0 saturated heterocycles. The molecule has 1 aromatic carbocycles. The van der Waals surface area contributed by atoms with Gasteiger partial charge in [0.25, 0.3) is 0 Å². The summed E-state index contributed by atoms with van der Waals surface area (Å²) in [6, 6.07) is 9.22. The zero-order valence-corrected chi connectivity index (χ0v) is 10.3. The first kappa shape index (κ1) is 12.7. The standard InChI is InChI=1S/C11H12BrNO3/c1-8(9-5-3-2-4-6-9)11(16)13(12)7-10(14)15/h2-6,8H,7H2,1H3,(H,14,15). The molecular weight excluding hydrogens is 274 g/mol. The zero-order chi connectivity index (χ0) is 12.1. The Morgan fingerprint density at radius 3 is 2.44 bits per heavy atom. The van der Waals surface area contributed by atoms with Crippen molar-refractivity contribution in [3.8, 4) is 0 Å². The van der Waals surface area contributed by atoms with Gasteiger partial charge < -0.3 is 5.11 Å². The van der Waals surface area contributed by atoms with Crippen molar-refractivity contribution < 1.29 is 14.7 Å². The van der Waals surface area contributed by atoms with Crippen LogP contribution in [0.2, 0.25) is 0 Å². The first-order chi connectivity index (χ1) is 7.52. The Hall–Kier alpha value is -1.36. The number of hydrogen-bond donors (Lipinski definition) is 1. The summed E-state index contributed by atoms with van der Waals surface area (Å²) in [5.74, 6) is -1.68. The van der Waals surface area contributed by atoms with E-state index in [4.69, 9.17) is 5.11 Å². The fraction of sp³-hybridized carbons (Fsp3) is 0.273. The minimum Gasteiger partial charge on any atom is -0.480 e. The molecule has 0 aliphatic rings. The molecule has 0 saturated carbocycles. The Bertz CT molecular complexity index is 380. The van der Waals surface area contributed by atoms with Crippen molar-refractivity contribution in [2.45, 2.75) is 12.8 Å². The number of carbonyl (C=O) groups excluding carboxylic acids is 1. The van der Waals surface area contributed by atoms with E-state index >= 15 is 0 Å². The lowest BCUT2D eigenvalue weighted by molar-refractivity contribution is -0.140. The predicted octanol–water partition coefficient (Wildman–Crippen LogP) is 2.01. The molecule has 0 bridgehead atoms. The van der Waals surface area contributed by atoms with Crippen LogP contribution in [-0.4, -0.2) is 27.5 Å². The van der Waals surface area contributed by atoms with Gasteiger partial charge in [0.15, 0.2) is 0 Å². The molecule has 1 aromatic rings. The molecule has 1 unspecified atom stereocenters. The summed E-state index contributed by atoms with van der Waals surface area (Å²) < 4.78 is 1.03. The Labute approximate surface area is 102 Å². The van der Waals surface area contributed by atoms with Crippen molar-refractivity contribution >= 4 is 28.0 Å². The van der Waals surface area contributed by atoms with Gasteiger partial charge in [-0.25, -0.2) is 0 Å². The van der Waals surface area contributed by atoms with E-state index in [0.29, 0.717) is 0 Å². The molecule has 4 nitrogen and oxygen atoms in total. The van der Waals surface area contributed by atoms with Gasteiger partial charge in [-0.3, -0.25) is 13.5 Å². The smallest absolute Gasteiger partial charge is 0.324 e. The summed E-state index contributed by atoms with van der Waals surface area (Å²) in [6.07, 6.45) is 0. The highest BCUT2D eigenvalue weighted by atomic mass is 79.9. The average molecular weight is 286 g/mol. The molecule has 0 radical (unpaired) electrons. The van der Waals surface area contributed by atoms with Crippen molar-refractivity contribution in [1.82, 2.24) is 3.93 Å². The molecular formula is C11H12BrNO3. The molecule has 1 rings (SSSR count). The highest BCUT2D eigenvalue weighted by Gasteiger charge is 2.21. The zero-order valence-electron chi connectivity index (χ0n) is 8.76. The Kier molecular flexibility index (Phi) is 4.49. The van der Waals surface area contributed by atoms with E-state index in [1.807, 2.05) is 30.3 Å². The molecule has 1 N–H and O–H groups in total. The van der Waals surface area contributed by atoms with Gasteiger partial charge in [-0.15, -0.1) is 0 Å². The highest BCUT2D eigenvalue weighted by Crippen LogP contribution is 2.19. The van der Waals surface area contributed by atoms with Gasteiger partial charge in [-0.1, -0.05) is 30.3 Å². The summed E-state index contributed by atoms with van der Waals surface area (Å²) in [7, 11) is 0. The lowest BCUT2D eigenvalue weighted by atomic mass is 10.0. The predicted molar refractivity (Wildman–Crippen MR) is 63.1 cm³/mol. The first-order valence-electron chi connectivity index (χ1n) is 4.76. The van der Waals surface area contributed by atoms with Crippen LogP contribution >= 0.6 is 16.1 Å². The quantitative estimate of drug-likeness (QED) is 0.861. The largest absolute Gasteiger partial charge is 0.480 e. The van der Waals surface area contributed by atoms with Crippen LogP contribution in [0.25, 0.3) is 0 Å². The van der Waals surface area contributed by atoms with E-state index in [1.165, 1.54) is 0 Å². The second-order valence-corrected chi connectivity index (χ2v) is 4.24. The number of carbonyl (C=O) groups is 2. The topological polar surface area (TPSA) is 57.6 Å². The number of amides is 1. The molecule has 0 spiro atoms. The highest BCUT2D eigenvalue weighted by molar-refractivity contribution is 9.07. The molecule has 16 heavy (non-hydrogen) atoms. The monoisotopic (exact) mass is 285 g/mol. The molecule has 0 heterocycles. The van der Waals surface area contributed by atoms with E-state index in [2.05, 4.69) is 16.1 Å². The summed E-state index contributed by atoms with van der Waals surface area (Å²) >= 11 is 2.94. The number of aliphatic carboxylic acids is 1. The Morgan fingerprint density at radius 1 is 1.38 bits per heavy atom. The van der Waals surface area contributed by atoms with Crippen molar-refractivity contribution in [3.05, 3.63) is 35.9 Å². The molecule has 0 aromatic heterocycles. The normalized spacial score (nSPS) is 11.9. The third-order valence-electron chi connectivity index (χ3n) is 2.18. The van der Waals surface area contributed by atoms with Gasteiger partial charge in [0.05, 0.1) is 22.1 Å². The van der Waals surface area contributed by atoms with Crippen LogP contribution in [0.1, 0.15) is 18.4 Å². The second kappa shape index (κ2) is 5.65. The number of carboxylic acid groups (broad SMARTS) is 1. The number of halogens is 1. The van der Waals surface area contributed by atoms with Gasteiger partial charge in [0.1, 0.15) is 6.54 Å². The molecule has 1 amide bonds. The number of carboxylic acids is 1. The van der Waals surface area contributed by atoms with Gasteiger partial charge in [0, 0.05) is 0 Å². The van der Waals surface area contributed by atoms with Crippen LogP contribution in [0.3, 0.4) is 0 Å². The van der Waals surface area contributed by atoms with Crippen LogP contribution in [0.5, 0.6) is 0 Å². The third-order valence-corrected chi connectivity index (χ3v) is 2.78. The average Bonchev–Trinajstić information content (AvgIpc) is 2.27. The van der Waals surface area contributed by atoms with Crippen LogP contribution in [0, 0.1) is 0 Å². The van der Waals surface area contributed by atoms with Crippen molar-refractivity contribution in [1.29, 1.82) is 0 Å². The van der Waals surface area contributed by atoms with Gasteiger partial charge >= 0.3 is 5.97 Å². The fourth-order valence-electron chi connectivity index (χ4n) is 1.29. The van der Waals surface area contributed by atoms with Crippen molar-refractivity contribution in [3.63, 3.8) is 0 Å². The van der Waals surface area contributed by atoms with Crippen molar-refractivity contribution in [2.75, 3.05) is 6.54 Å². The fourth-order valence-corrected chi connectivity index (χ4v) is 1.81. The molecule has 1 atom stereocenters. The van der Waals surface area contributed by atoms with Crippen LogP contribution in [0.4, 0.5) is 0 Å². The van der Waals surface area contributed by atoms with E-state index in [-0.39, 0.29) is 18.4 Å². The number of rotatable bonds is 4. The number of hydrogen-bond acceptors (Lipinski definition) is 2. The number of benzene rings is 1. The minimum absolute atomic E-state index is 0.270. The third kappa shape index (κ3) is 3.34. The molecule has 0 fully saturated rings. The second-order valence-electron chi connectivity index (χ2n) is 3.38. The van der Waals surface area contributed by atoms with E-state index in [1.54, 1.807) is 6.92 Å². The maximum atomic E-state index is 11.8. The lowest BCUT2D eigenvalue weighted by Crippen LogP contribution is -2.30. The summed E-state index contributed by atoms with van der Waals surface area (Å²) in [4.78, 5) is 22.2. The first-order valence-corrected chi connectivity index (χ1v) is 5.47. The van der Waals surface area contributed by atoms with Gasteiger partial charge in [0.2, 0.25) is 5.91 Å². The van der Waals surface area contributed by atoms with Crippen molar-refractivity contribution in [2.24, 2.45) is 0 Å². The van der Waals surface area contributed by atoms with Crippen LogP contribution in [0.15, 0.2) is 30.3 Å². The van der Waals surface area contributed by atoms with Crippen LogP contribution in [-0.2, 0) is 9.59 Å². The van der Waals surface area contributed by atoms with Gasteiger partial charge in [-0.2, -0.15) is 0 Å². The SMILES string of the molecule is CC(C(=O)N(Br)CC(=O)O)c1ccccc1. The summed E-state index contributed by atoms with van der Waals surface area (Å²) in [5, 5.41) is 8.56. The molecule has 0 aliphatic carbocycles. The van der Waals surface area contributed by atoms with E-state index in [9.17, 15) is 9.59 Å². The van der Waals surface area contributed by atoms with E-state index < -0.39 is 5.97 Å². The summed E-state index contributed by atoms with van der Waals surface area (Å²) in [5.41, 5.74) is 0.863. The lowest BCUT2D eigenvalue weighted by Gasteiger charge is -2.17. The Morgan fingerprint density at radius 2 is 1.94 bits per heavy atom.